The van der Waals surface area contributed by atoms with Gasteiger partial charge in [-0.2, -0.15) is 0 Å². The summed E-state index contributed by atoms with van der Waals surface area (Å²) in [4.78, 5) is 9.60. The lowest BCUT2D eigenvalue weighted by molar-refractivity contribution is 0.372. The van der Waals surface area contributed by atoms with E-state index in [1.807, 2.05) is 0 Å². The molecule has 0 aromatic carbocycles. The van der Waals surface area contributed by atoms with Crippen LogP contribution >= 0.6 is 11.3 Å². The Hall–Kier alpha value is -0.650. The van der Waals surface area contributed by atoms with E-state index in [0.29, 0.717) is 12.1 Å². The Morgan fingerprint density at radius 1 is 1.58 bits per heavy atom. The fraction of sp³-hybridized carbons (Fsp3) is 0.786. The van der Waals surface area contributed by atoms with Crippen LogP contribution in [0, 0.1) is 0 Å². The van der Waals surface area contributed by atoms with Crippen LogP contribution < -0.4 is 10.2 Å². The fourth-order valence-electron chi connectivity index (χ4n) is 2.72. The van der Waals surface area contributed by atoms with Crippen molar-refractivity contribution in [1.29, 1.82) is 0 Å². The van der Waals surface area contributed by atoms with Crippen LogP contribution in [0.25, 0.3) is 0 Å². The minimum atomic E-state index is 0.352. The van der Waals surface area contributed by atoms with Gasteiger partial charge < -0.3 is 15.1 Å². The normalized spacial score (nSPS) is 21.3. The summed E-state index contributed by atoms with van der Waals surface area (Å²) in [5.41, 5.74) is 1.18. The molecule has 1 aliphatic heterocycles. The highest BCUT2D eigenvalue weighted by Gasteiger charge is 2.27. The third-order valence-electron chi connectivity index (χ3n) is 3.66. The Morgan fingerprint density at radius 3 is 3.05 bits per heavy atom. The molecular formula is C14H26N4S. The van der Waals surface area contributed by atoms with Gasteiger partial charge in [-0.1, -0.05) is 6.92 Å². The predicted molar refractivity (Wildman–Crippen MR) is 83.1 cm³/mol. The van der Waals surface area contributed by atoms with Crippen molar-refractivity contribution < 1.29 is 0 Å². The van der Waals surface area contributed by atoms with Gasteiger partial charge in [-0.05, 0) is 40.4 Å². The third-order valence-corrected chi connectivity index (χ3v) is 4.56. The maximum atomic E-state index is 4.83. The van der Waals surface area contributed by atoms with E-state index >= 15 is 0 Å². The lowest BCUT2D eigenvalue weighted by Crippen LogP contribution is -2.37. The standard InChI is InChI=1S/C14H26N4S/c1-5-15-11(2)13-10-19-14(16-13)18-8-6-7-12(18)9-17(3)4/h10-12,15H,5-9H2,1-4H3. The molecule has 0 saturated carbocycles. The van der Waals surface area contributed by atoms with Crippen LogP contribution in [-0.4, -0.2) is 49.7 Å². The summed E-state index contributed by atoms with van der Waals surface area (Å²) < 4.78 is 0. The van der Waals surface area contributed by atoms with Gasteiger partial charge in [0.15, 0.2) is 5.13 Å². The first-order valence-electron chi connectivity index (χ1n) is 7.22. The molecule has 0 amide bonds. The van der Waals surface area contributed by atoms with E-state index in [-0.39, 0.29) is 0 Å². The molecule has 2 unspecified atom stereocenters. The minimum Gasteiger partial charge on any atom is -0.344 e. The van der Waals surface area contributed by atoms with Gasteiger partial charge in [-0.15, -0.1) is 11.3 Å². The molecule has 2 heterocycles. The van der Waals surface area contributed by atoms with Crippen LogP contribution in [0.2, 0.25) is 0 Å². The number of hydrogen-bond donors (Lipinski definition) is 1. The van der Waals surface area contributed by atoms with Crippen LogP contribution in [0.15, 0.2) is 5.38 Å². The maximum Gasteiger partial charge on any atom is 0.185 e. The van der Waals surface area contributed by atoms with Crippen LogP contribution in [0.3, 0.4) is 0 Å². The van der Waals surface area contributed by atoms with Gasteiger partial charge >= 0.3 is 0 Å². The molecule has 2 rings (SSSR count). The minimum absolute atomic E-state index is 0.352. The Morgan fingerprint density at radius 2 is 2.37 bits per heavy atom. The second kappa shape index (κ2) is 6.68. The number of nitrogens with one attached hydrogen (secondary N) is 1. The second-order valence-corrected chi connectivity index (χ2v) is 6.42. The fourth-order valence-corrected chi connectivity index (χ4v) is 3.73. The molecule has 19 heavy (non-hydrogen) atoms. The molecule has 2 atom stereocenters. The second-order valence-electron chi connectivity index (χ2n) is 5.59. The molecule has 0 spiro atoms. The number of nitrogens with zero attached hydrogens (tertiary/aromatic N) is 3. The number of rotatable bonds is 6. The van der Waals surface area contributed by atoms with Crippen LogP contribution in [0.5, 0.6) is 0 Å². The Bertz CT molecular complexity index is 391. The molecule has 4 nitrogen and oxygen atoms in total. The van der Waals surface area contributed by atoms with Gasteiger partial charge in [0.1, 0.15) is 0 Å². The summed E-state index contributed by atoms with van der Waals surface area (Å²) in [6, 6.07) is 0.980. The topological polar surface area (TPSA) is 31.4 Å². The largest absolute Gasteiger partial charge is 0.344 e. The third kappa shape index (κ3) is 3.68. The zero-order valence-electron chi connectivity index (χ0n) is 12.5. The maximum absolute atomic E-state index is 4.83. The van der Waals surface area contributed by atoms with E-state index in [0.717, 1.165) is 19.6 Å². The average Bonchev–Trinajstić information content (AvgIpc) is 2.96. The van der Waals surface area contributed by atoms with E-state index in [1.165, 1.54) is 23.7 Å². The molecule has 1 aromatic heterocycles. The quantitative estimate of drug-likeness (QED) is 0.868. The molecule has 5 heteroatoms. The van der Waals surface area contributed by atoms with Crippen molar-refractivity contribution in [1.82, 2.24) is 15.2 Å². The highest BCUT2D eigenvalue weighted by atomic mass is 32.1. The molecule has 0 radical (unpaired) electrons. The molecule has 108 valence electrons. The zero-order valence-corrected chi connectivity index (χ0v) is 13.3. The number of thiazole rings is 1. The molecule has 1 fully saturated rings. The van der Waals surface area contributed by atoms with Gasteiger partial charge in [0.25, 0.3) is 0 Å². The highest BCUT2D eigenvalue weighted by Crippen LogP contribution is 2.30. The van der Waals surface area contributed by atoms with E-state index < -0.39 is 0 Å². The van der Waals surface area contributed by atoms with Crippen LogP contribution in [0.4, 0.5) is 5.13 Å². The summed E-state index contributed by atoms with van der Waals surface area (Å²) in [7, 11) is 4.30. The first-order chi connectivity index (χ1) is 9.11. The lowest BCUT2D eigenvalue weighted by Gasteiger charge is -2.26. The van der Waals surface area contributed by atoms with Crippen molar-refractivity contribution in [3.05, 3.63) is 11.1 Å². The van der Waals surface area contributed by atoms with Gasteiger partial charge in [-0.3, -0.25) is 0 Å². The molecule has 1 aromatic rings. The van der Waals surface area contributed by atoms with Gasteiger partial charge in [0.2, 0.25) is 0 Å². The van der Waals surface area contributed by atoms with Crippen molar-refractivity contribution in [3.8, 4) is 0 Å². The predicted octanol–water partition coefficient (Wildman–Crippen LogP) is 2.34. The number of aromatic nitrogens is 1. The Labute approximate surface area is 120 Å². The number of hydrogen-bond acceptors (Lipinski definition) is 5. The van der Waals surface area contributed by atoms with Crippen molar-refractivity contribution in [2.45, 2.75) is 38.8 Å². The number of likely N-dealkylation sites (N-methyl/N-ethyl adjacent to an activating group) is 1. The SMILES string of the molecule is CCNC(C)c1csc(N2CCCC2CN(C)C)n1. The van der Waals surface area contributed by atoms with E-state index in [2.05, 4.69) is 48.4 Å². The number of anilines is 1. The Kier molecular flexibility index (Phi) is 5.19. The van der Waals surface area contributed by atoms with Crippen LogP contribution in [-0.2, 0) is 0 Å². The molecule has 1 saturated heterocycles. The molecule has 0 bridgehead atoms. The summed E-state index contributed by atoms with van der Waals surface area (Å²) in [6.45, 7) is 7.58. The van der Waals surface area contributed by atoms with Crippen molar-refractivity contribution in [2.75, 3.05) is 38.6 Å². The van der Waals surface area contributed by atoms with Crippen molar-refractivity contribution >= 4 is 16.5 Å². The summed E-state index contributed by atoms with van der Waals surface area (Å²) in [6.07, 6.45) is 2.58. The van der Waals surface area contributed by atoms with E-state index in [1.54, 1.807) is 11.3 Å². The van der Waals surface area contributed by atoms with Gasteiger partial charge in [0, 0.05) is 30.6 Å². The molecule has 0 aliphatic carbocycles. The highest BCUT2D eigenvalue weighted by molar-refractivity contribution is 7.13. The molecular weight excluding hydrogens is 256 g/mol. The van der Waals surface area contributed by atoms with Gasteiger partial charge in [-0.25, -0.2) is 4.98 Å². The smallest absolute Gasteiger partial charge is 0.185 e. The van der Waals surface area contributed by atoms with E-state index in [4.69, 9.17) is 4.98 Å². The average molecular weight is 282 g/mol. The van der Waals surface area contributed by atoms with Crippen molar-refractivity contribution in [2.24, 2.45) is 0 Å². The monoisotopic (exact) mass is 282 g/mol. The molecule has 1 aliphatic rings. The van der Waals surface area contributed by atoms with E-state index in [9.17, 15) is 0 Å². The Balaban J connectivity index is 2.04. The zero-order chi connectivity index (χ0) is 13.8. The van der Waals surface area contributed by atoms with Gasteiger partial charge in [0.05, 0.1) is 5.69 Å². The molecule has 1 N–H and O–H groups in total. The lowest BCUT2D eigenvalue weighted by atomic mass is 10.2. The van der Waals surface area contributed by atoms with Crippen molar-refractivity contribution in [3.63, 3.8) is 0 Å². The summed E-state index contributed by atoms with van der Waals surface area (Å²) >= 11 is 1.79. The summed E-state index contributed by atoms with van der Waals surface area (Å²) in [5, 5.41) is 6.83. The van der Waals surface area contributed by atoms with Crippen LogP contribution in [0.1, 0.15) is 38.4 Å². The first-order valence-corrected chi connectivity index (χ1v) is 8.10. The summed E-state index contributed by atoms with van der Waals surface area (Å²) in [5.74, 6) is 0. The first kappa shape index (κ1) is 14.8.